The smallest absolute Gasteiger partial charge is 0.211 e. The summed E-state index contributed by atoms with van der Waals surface area (Å²) in [5.41, 5.74) is 0. The molecule has 0 saturated heterocycles. The van der Waals surface area contributed by atoms with Crippen LogP contribution < -0.4 is 10.0 Å². The van der Waals surface area contributed by atoms with Gasteiger partial charge in [0.25, 0.3) is 0 Å². The van der Waals surface area contributed by atoms with Gasteiger partial charge < -0.3 is 5.32 Å². The van der Waals surface area contributed by atoms with Crippen LogP contribution in [-0.4, -0.2) is 32.8 Å². The Kier molecular flexibility index (Phi) is 8.82. The van der Waals surface area contributed by atoms with Crippen molar-refractivity contribution >= 4 is 10.0 Å². The Balaban J connectivity index is 3.93. The first-order chi connectivity index (χ1) is 7.91. The lowest BCUT2D eigenvalue weighted by Gasteiger charge is -2.16. The van der Waals surface area contributed by atoms with Crippen LogP contribution in [-0.2, 0) is 10.0 Å². The molecule has 0 bridgehead atoms. The van der Waals surface area contributed by atoms with Crippen molar-refractivity contribution in [3.8, 4) is 0 Å². The molecule has 2 N–H and O–H groups in total. The van der Waals surface area contributed by atoms with E-state index in [1.165, 1.54) is 0 Å². The van der Waals surface area contributed by atoms with Crippen LogP contribution in [0.1, 0.15) is 53.4 Å². The third-order valence-electron chi connectivity index (χ3n) is 2.62. The maximum absolute atomic E-state index is 11.8. The number of hydrogen-bond donors (Lipinski definition) is 2. The zero-order chi connectivity index (χ0) is 13.3. The highest BCUT2D eigenvalue weighted by atomic mass is 32.2. The third-order valence-corrected chi connectivity index (χ3v) is 4.14. The van der Waals surface area contributed by atoms with E-state index in [9.17, 15) is 8.42 Å². The number of sulfonamides is 1. The van der Waals surface area contributed by atoms with E-state index in [0.29, 0.717) is 12.5 Å². The minimum absolute atomic E-state index is 0.100. The van der Waals surface area contributed by atoms with E-state index in [1.54, 1.807) is 0 Å². The summed E-state index contributed by atoms with van der Waals surface area (Å²) in [6.45, 7) is 8.96. The Morgan fingerprint density at radius 1 is 1.18 bits per heavy atom. The molecule has 0 aliphatic carbocycles. The highest BCUT2D eigenvalue weighted by Crippen LogP contribution is 2.03. The summed E-state index contributed by atoms with van der Waals surface area (Å²) in [6.07, 6.45) is 3.45. The highest BCUT2D eigenvalue weighted by molar-refractivity contribution is 7.89. The van der Waals surface area contributed by atoms with Gasteiger partial charge in [-0.2, -0.15) is 0 Å². The Bertz CT molecular complexity index is 276. The highest BCUT2D eigenvalue weighted by Gasteiger charge is 2.15. The molecule has 0 spiro atoms. The third kappa shape index (κ3) is 9.56. The van der Waals surface area contributed by atoms with Gasteiger partial charge in [-0.25, -0.2) is 13.1 Å². The molecular formula is C12H28N2O2S. The fourth-order valence-corrected chi connectivity index (χ4v) is 3.10. The van der Waals surface area contributed by atoms with E-state index >= 15 is 0 Å². The Morgan fingerprint density at radius 2 is 1.82 bits per heavy atom. The van der Waals surface area contributed by atoms with Crippen LogP contribution >= 0.6 is 0 Å². The summed E-state index contributed by atoms with van der Waals surface area (Å²) in [6, 6.07) is 0.511. The Morgan fingerprint density at radius 3 is 2.29 bits per heavy atom. The first-order valence-corrected chi connectivity index (χ1v) is 8.29. The van der Waals surface area contributed by atoms with Crippen LogP contribution in [0.5, 0.6) is 0 Å². The van der Waals surface area contributed by atoms with Crippen LogP contribution in [0.25, 0.3) is 0 Å². The van der Waals surface area contributed by atoms with E-state index in [0.717, 1.165) is 25.8 Å². The van der Waals surface area contributed by atoms with E-state index in [4.69, 9.17) is 0 Å². The first kappa shape index (κ1) is 16.9. The maximum atomic E-state index is 11.8. The normalized spacial score (nSPS) is 14.2. The average Bonchev–Trinajstić information content (AvgIpc) is 2.23. The quantitative estimate of drug-likeness (QED) is 0.592. The first-order valence-electron chi connectivity index (χ1n) is 6.64. The standard InChI is InChI=1S/C12H28N2O2S/c1-5-8-12(6-2)14-17(15,16)10-7-9-13-11(3)4/h11-14H,5-10H2,1-4H3. The van der Waals surface area contributed by atoms with Gasteiger partial charge in [0.2, 0.25) is 10.0 Å². The maximum Gasteiger partial charge on any atom is 0.211 e. The molecule has 0 aromatic rings. The van der Waals surface area contributed by atoms with E-state index in [-0.39, 0.29) is 11.8 Å². The molecule has 0 aromatic carbocycles. The predicted molar refractivity (Wildman–Crippen MR) is 73.7 cm³/mol. The average molecular weight is 264 g/mol. The van der Waals surface area contributed by atoms with Crippen LogP contribution in [0.3, 0.4) is 0 Å². The zero-order valence-corrected chi connectivity index (χ0v) is 12.4. The van der Waals surface area contributed by atoms with E-state index < -0.39 is 10.0 Å². The molecule has 4 nitrogen and oxygen atoms in total. The summed E-state index contributed by atoms with van der Waals surface area (Å²) in [4.78, 5) is 0. The molecule has 0 aromatic heterocycles. The van der Waals surface area contributed by atoms with Gasteiger partial charge in [-0.1, -0.05) is 34.1 Å². The predicted octanol–water partition coefficient (Wildman–Crippen LogP) is 1.87. The van der Waals surface area contributed by atoms with E-state index in [1.807, 2.05) is 6.92 Å². The summed E-state index contributed by atoms with van der Waals surface area (Å²) in [5, 5.41) is 3.22. The lowest BCUT2D eigenvalue weighted by atomic mass is 10.1. The molecule has 0 saturated carbocycles. The lowest BCUT2D eigenvalue weighted by Crippen LogP contribution is -2.36. The van der Waals surface area contributed by atoms with Crippen LogP contribution in [0.2, 0.25) is 0 Å². The molecule has 0 fully saturated rings. The topological polar surface area (TPSA) is 58.2 Å². The van der Waals surface area contributed by atoms with Gasteiger partial charge in [-0.3, -0.25) is 0 Å². The lowest BCUT2D eigenvalue weighted by molar-refractivity contribution is 0.508. The Labute approximate surface area is 107 Å². The fourth-order valence-electron chi connectivity index (χ4n) is 1.66. The molecule has 0 aliphatic rings. The largest absolute Gasteiger partial charge is 0.314 e. The van der Waals surface area contributed by atoms with Gasteiger partial charge in [0.1, 0.15) is 0 Å². The van der Waals surface area contributed by atoms with Crippen molar-refractivity contribution in [1.82, 2.24) is 10.0 Å². The minimum atomic E-state index is -3.10. The molecule has 104 valence electrons. The molecule has 0 radical (unpaired) electrons. The molecule has 17 heavy (non-hydrogen) atoms. The van der Waals surface area contributed by atoms with Crippen molar-refractivity contribution in [2.45, 2.75) is 65.5 Å². The van der Waals surface area contributed by atoms with Gasteiger partial charge in [-0.15, -0.1) is 0 Å². The zero-order valence-electron chi connectivity index (χ0n) is 11.6. The second-order valence-electron chi connectivity index (χ2n) is 4.79. The second-order valence-corrected chi connectivity index (χ2v) is 6.67. The monoisotopic (exact) mass is 264 g/mol. The molecule has 0 amide bonds. The van der Waals surface area contributed by atoms with Crippen LogP contribution in [0.15, 0.2) is 0 Å². The summed E-state index contributed by atoms with van der Waals surface area (Å²) < 4.78 is 26.3. The molecule has 0 rings (SSSR count). The molecule has 1 unspecified atom stereocenters. The molecule has 0 aliphatic heterocycles. The Hall–Kier alpha value is -0.130. The van der Waals surface area contributed by atoms with E-state index in [2.05, 4.69) is 30.8 Å². The van der Waals surface area contributed by atoms with Crippen molar-refractivity contribution in [3.05, 3.63) is 0 Å². The molecule has 5 heteroatoms. The summed E-state index contributed by atoms with van der Waals surface area (Å²) in [7, 11) is -3.10. The van der Waals surface area contributed by atoms with Gasteiger partial charge in [0, 0.05) is 12.1 Å². The summed E-state index contributed by atoms with van der Waals surface area (Å²) in [5.74, 6) is 0.215. The molecular weight excluding hydrogens is 236 g/mol. The van der Waals surface area contributed by atoms with Crippen LogP contribution in [0, 0.1) is 0 Å². The number of rotatable bonds is 10. The molecule has 0 heterocycles. The van der Waals surface area contributed by atoms with Gasteiger partial charge in [0.15, 0.2) is 0 Å². The van der Waals surface area contributed by atoms with Gasteiger partial charge in [0.05, 0.1) is 5.75 Å². The van der Waals surface area contributed by atoms with Crippen molar-refractivity contribution in [3.63, 3.8) is 0 Å². The SMILES string of the molecule is CCCC(CC)NS(=O)(=O)CCCNC(C)C. The van der Waals surface area contributed by atoms with Crippen molar-refractivity contribution < 1.29 is 8.42 Å². The van der Waals surface area contributed by atoms with Gasteiger partial charge in [-0.05, 0) is 25.8 Å². The van der Waals surface area contributed by atoms with Crippen LogP contribution in [0.4, 0.5) is 0 Å². The summed E-state index contributed by atoms with van der Waals surface area (Å²) >= 11 is 0. The van der Waals surface area contributed by atoms with Crippen molar-refractivity contribution in [2.75, 3.05) is 12.3 Å². The van der Waals surface area contributed by atoms with Gasteiger partial charge >= 0.3 is 0 Å². The van der Waals surface area contributed by atoms with Crippen molar-refractivity contribution in [2.24, 2.45) is 0 Å². The molecule has 1 atom stereocenters. The number of nitrogens with one attached hydrogen (secondary N) is 2. The second kappa shape index (κ2) is 8.89. The fraction of sp³-hybridized carbons (Fsp3) is 1.00. The number of hydrogen-bond acceptors (Lipinski definition) is 3. The minimum Gasteiger partial charge on any atom is -0.314 e. The van der Waals surface area contributed by atoms with Crippen molar-refractivity contribution in [1.29, 1.82) is 0 Å².